The number of benzene rings is 2. The maximum atomic E-state index is 13.7. The van der Waals surface area contributed by atoms with Gasteiger partial charge in [-0.3, -0.25) is 4.79 Å². The van der Waals surface area contributed by atoms with E-state index in [-0.39, 0.29) is 35.7 Å². The van der Waals surface area contributed by atoms with Gasteiger partial charge in [0.1, 0.15) is 5.82 Å². The van der Waals surface area contributed by atoms with Crippen LogP contribution in [0.1, 0.15) is 35.3 Å². The molecule has 2 aromatic rings. The monoisotopic (exact) mass is 498 g/mol. The van der Waals surface area contributed by atoms with Gasteiger partial charge in [0.25, 0.3) is 5.91 Å². The fraction of sp³-hybridized carbons (Fsp3) is 0.333. The van der Waals surface area contributed by atoms with Crippen molar-refractivity contribution in [2.24, 2.45) is 4.99 Å². The number of halogens is 2. The predicted octanol–water partition coefficient (Wildman–Crippen LogP) is 3.49. The lowest BCUT2D eigenvalue weighted by Gasteiger charge is -2.12. The molecular formula is C21H28FIN4O. The Morgan fingerprint density at radius 2 is 1.75 bits per heavy atom. The highest BCUT2D eigenvalue weighted by Crippen LogP contribution is 2.08. The van der Waals surface area contributed by atoms with Gasteiger partial charge >= 0.3 is 0 Å². The first kappa shape index (κ1) is 23.9. The number of carbonyl (C=O) groups is 1. The third-order valence-corrected chi connectivity index (χ3v) is 3.94. The molecule has 28 heavy (non-hydrogen) atoms. The molecular weight excluding hydrogens is 470 g/mol. The Morgan fingerprint density at radius 3 is 2.46 bits per heavy atom. The van der Waals surface area contributed by atoms with Gasteiger partial charge in [-0.15, -0.1) is 24.0 Å². The first-order valence-corrected chi connectivity index (χ1v) is 9.26. The minimum atomic E-state index is -0.191. The molecule has 0 atom stereocenters. The van der Waals surface area contributed by atoms with Crippen molar-refractivity contribution in [3.8, 4) is 0 Å². The Labute approximate surface area is 183 Å². The van der Waals surface area contributed by atoms with Crippen LogP contribution in [0.2, 0.25) is 0 Å². The lowest BCUT2D eigenvalue weighted by Crippen LogP contribution is -2.38. The van der Waals surface area contributed by atoms with Crippen LogP contribution >= 0.6 is 24.0 Å². The minimum Gasteiger partial charge on any atom is -0.357 e. The molecule has 0 bridgehead atoms. The van der Waals surface area contributed by atoms with Crippen LogP contribution in [0, 0.1) is 5.82 Å². The molecule has 2 aromatic carbocycles. The van der Waals surface area contributed by atoms with Crippen LogP contribution < -0.4 is 16.0 Å². The average molecular weight is 498 g/mol. The van der Waals surface area contributed by atoms with Gasteiger partial charge in [-0.25, -0.2) is 9.38 Å². The molecule has 5 nitrogen and oxygen atoms in total. The summed E-state index contributed by atoms with van der Waals surface area (Å²) >= 11 is 0. The molecule has 0 fully saturated rings. The number of hydrogen-bond acceptors (Lipinski definition) is 2. The maximum Gasteiger partial charge on any atom is 0.251 e. The number of amides is 1. The standard InChI is InChI=1S/C21H27FN4O.HI/c1-3-23-20(27)18-10-7-8-16(14-18)15-26-21(24-4-2)25-13-12-17-9-5-6-11-19(17)22;/h5-11,14H,3-4,12-13,15H2,1-2H3,(H,23,27)(H2,24,25,26);1H. The van der Waals surface area contributed by atoms with Crippen molar-refractivity contribution in [1.82, 2.24) is 16.0 Å². The van der Waals surface area contributed by atoms with Crippen LogP contribution in [0.5, 0.6) is 0 Å². The quantitative estimate of drug-likeness (QED) is 0.297. The van der Waals surface area contributed by atoms with Crippen molar-refractivity contribution in [2.45, 2.75) is 26.8 Å². The Kier molecular flexibility index (Phi) is 11.2. The van der Waals surface area contributed by atoms with Gasteiger partial charge in [0.05, 0.1) is 6.54 Å². The second-order valence-electron chi connectivity index (χ2n) is 6.02. The number of guanidine groups is 1. The molecule has 0 aliphatic rings. The lowest BCUT2D eigenvalue weighted by molar-refractivity contribution is 0.0955. The van der Waals surface area contributed by atoms with Gasteiger partial charge in [-0.1, -0.05) is 30.3 Å². The van der Waals surface area contributed by atoms with E-state index in [9.17, 15) is 9.18 Å². The third kappa shape index (κ3) is 7.84. The van der Waals surface area contributed by atoms with Crippen LogP contribution in [-0.4, -0.2) is 31.5 Å². The first-order chi connectivity index (χ1) is 13.1. The van der Waals surface area contributed by atoms with E-state index in [1.807, 2.05) is 38.1 Å². The molecule has 0 heterocycles. The molecule has 0 saturated heterocycles. The molecule has 0 aromatic heterocycles. The Morgan fingerprint density at radius 1 is 1.00 bits per heavy atom. The molecule has 0 unspecified atom stereocenters. The van der Waals surface area contributed by atoms with Gasteiger partial charge in [0, 0.05) is 25.2 Å². The summed E-state index contributed by atoms with van der Waals surface area (Å²) in [5.41, 5.74) is 2.25. The van der Waals surface area contributed by atoms with Gasteiger partial charge in [-0.2, -0.15) is 0 Å². The van der Waals surface area contributed by atoms with E-state index in [4.69, 9.17) is 0 Å². The summed E-state index contributed by atoms with van der Waals surface area (Å²) in [4.78, 5) is 16.5. The molecule has 0 radical (unpaired) electrons. The summed E-state index contributed by atoms with van der Waals surface area (Å²) in [6.45, 7) is 6.22. The SMILES string of the molecule is CCNC(=O)c1cccc(CN=C(NCC)NCCc2ccccc2F)c1.I. The Balaban J connectivity index is 0.00000392. The molecule has 3 N–H and O–H groups in total. The Hall–Kier alpha value is -2.16. The zero-order valence-corrected chi connectivity index (χ0v) is 18.6. The van der Waals surface area contributed by atoms with E-state index in [2.05, 4.69) is 20.9 Å². The summed E-state index contributed by atoms with van der Waals surface area (Å²) < 4.78 is 13.7. The van der Waals surface area contributed by atoms with Gasteiger partial charge in [0.15, 0.2) is 5.96 Å². The molecule has 7 heteroatoms. The number of aliphatic imine (C=N–C) groups is 1. The van der Waals surface area contributed by atoms with Crippen molar-refractivity contribution in [3.05, 3.63) is 71.0 Å². The molecule has 0 saturated carbocycles. The van der Waals surface area contributed by atoms with Gasteiger partial charge in [0.2, 0.25) is 0 Å². The van der Waals surface area contributed by atoms with Crippen LogP contribution in [0.25, 0.3) is 0 Å². The highest BCUT2D eigenvalue weighted by Gasteiger charge is 2.05. The largest absolute Gasteiger partial charge is 0.357 e. The van der Waals surface area contributed by atoms with Gasteiger partial charge in [-0.05, 0) is 49.6 Å². The van der Waals surface area contributed by atoms with Crippen molar-refractivity contribution in [3.63, 3.8) is 0 Å². The van der Waals surface area contributed by atoms with Crippen LogP contribution in [0.15, 0.2) is 53.5 Å². The number of rotatable bonds is 8. The summed E-state index contributed by atoms with van der Waals surface area (Å²) in [6, 6.07) is 14.2. The zero-order valence-electron chi connectivity index (χ0n) is 16.3. The number of nitrogens with one attached hydrogen (secondary N) is 3. The maximum absolute atomic E-state index is 13.7. The van der Waals surface area contributed by atoms with E-state index in [0.29, 0.717) is 43.1 Å². The van der Waals surface area contributed by atoms with Crippen molar-refractivity contribution < 1.29 is 9.18 Å². The second kappa shape index (κ2) is 13.1. The number of hydrogen-bond donors (Lipinski definition) is 3. The summed E-state index contributed by atoms with van der Waals surface area (Å²) in [6.07, 6.45) is 0.573. The lowest BCUT2D eigenvalue weighted by atomic mass is 10.1. The zero-order chi connectivity index (χ0) is 19.5. The molecule has 0 aliphatic heterocycles. The van der Waals surface area contributed by atoms with E-state index < -0.39 is 0 Å². The van der Waals surface area contributed by atoms with Crippen molar-refractivity contribution >= 4 is 35.8 Å². The first-order valence-electron chi connectivity index (χ1n) is 9.26. The molecule has 2 rings (SSSR count). The number of nitrogens with zero attached hydrogens (tertiary/aromatic N) is 1. The van der Waals surface area contributed by atoms with E-state index in [0.717, 1.165) is 12.1 Å². The topological polar surface area (TPSA) is 65.5 Å². The highest BCUT2D eigenvalue weighted by atomic mass is 127. The fourth-order valence-electron chi connectivity index (χ4n) is 2.60. The molecule has 0 aliphatic carbocycles. The van der Waals surface area contributed by atoms with Crippen molar-refractivity contribution in [2.75, 3.05) is 19.6 Å². The Bertz CT molecular complexity index is 783. The molecule has 0 spiro atoms. The van der Waals surface area contributed by atoms with E-state index in [1.165, 1.54) is 6.07 Å². The normalized spacial score (nSPS) is 10.8. The average Bonchev–Trinajstić information content (AvgIpc) is 2.68. The molecule has 152 valence electrons. The summed E-state index contributed by atoms with van der Waals surface area (Å²) in [7, 11) is 0. The van der Waals surface area contributed by atoms with E-state index >= 15 is 0 Å². The van der Waals surface area contributed by atoms with E-state index in [1.54, 1.807) is 18.2 Å². The summed E-state index contributed by atoms with van der Waals surface area (Å²) in [5, 5.41) is 9.19. The van der Waals surface area contributed by atoms with Crippen LogP contribution in [0.3, 0.4) is 0 Å². The summed E-state index contributed by atoms with van der Waals surface area (Å²) in [5.74, 6) is 0.388. The number of carbonyl (C=O) groups excluding carboxylic acids is 1. The third-order valence-electron chi connectivity index (χ3n) is 3.94. The predicted molar refractivity (Wildman–Crippen MR) is 123 cm³/mol. The van der Waals surface area contributed by atoms with Crippen LogP contribution in [-0.2, 0) is 13.0 Å². The second-order valence-corrected chi connectivity index (χ2v) is 6.02. The minimum absolute atomic E-state index is 0. The van der Waals surface area contributed by atoms with Gasteiger partial charge < -0.3 is 16.0 Å². The molecule has 1 amide bonds. The fourth-order valence-corrected chi connectivity index (χ4v) is 2.60. The van der Waals surface area contributed by atoms with Crippen LogP contribution in [0.4, 0.5) is 4.39 Å². The van der Waals surface area contributed by atoms with Crippen molar-refractivity contribution in [1.29, 1.82) is 0 Å². The highest BCUT2D eigenvalue weighted by molar-refractivity contribution is 14.0. The smallest absolute Gasteiger partial charge is 0.251 e.